The number of rotatable bonds is 4. The zero-order chi connectivity index (χ0) is 19.1. The lowest BCUT2D eigenvalue weighted by Crippen LogP contribution is -2.12. The summed E-state index contributed by atoms with van der Waals surface area (Å²) in [6.45, 7) is 16.2. The van der Waals surface area contributed by atoms with E-state index in [1.165, 1.54) is 47.9 Å². The minimum Gasteiger partial charge on any atom is -0.0654 e. The molecule has 2 aromatic carbocycles. The molecule has 0 saturated heterocycles. The molecule has 0 radical (unpaired) electrons. The molecule has 0 unspecified atom stereocenters. The summed E-state index contributed by atoms with van der Waals surface area (Å²) in [4.78, 5) is 0. The Morgan fingerprint density at radius 3 is 2.04 bits per heavy atom. The molecule has 1 aliphatic carbocycles. The highest BCUT2D eigenvalue weighted by Crippen LogP contribution is 2.43. The first kappa shape index (κ1) is 19.2. The van der Waals surface area contributed by atoms with Gasteiger partial charge in [0.25, 0.3) is 0 Å². The van der Waals surface area contributed by atoms with Crippen molar-refractivity contribution in [1.29, 1.82) is 0 Å². The van der Waals surface area contributed by atoms with Crippen molar-refractivity contribution in [2.75, 3.05) is 0 Å². The van der Waals surface area contributed by atoms with Crippen LogP contribution >= 0.6 is 0 Å². The van der Waals surface area contributed by atoms with Crippen molar-refractivity contribution in [2.24, 2.45) is 0 Å². The van der Waals surface area contributed by atoms with E-state index in [0.717, 1.165) is 6.42 Å². The lowest BCUT2D eigenvalue weighted by molar-refractivity contribution is 0.588. The molecular formula is C26H36. The Bertz CT molecular complexity index is 794. The maximum atomic E-state index is 2.50. The first-order valence-electron chi connectivity index (χ1n) is 10.4. The number of benzene rings is 2. The van der Waals surface area contributed by atoms with Crippen LogP contribution in [0.25, 0.3) is 11.1 Å². The van der Waals surface area contributed by atoms with Gasteiger partial charge in [0.05, 0.1) is 0 Å². The van der Waals surface area contributed by atoms with E-state index in [1.807, 2.05) is 0 Å². The molecule has 0 amide bonds. The molecule has 0 nitrogen and oxygen atoms in total. The van der Waals surface area contributed by atoms with E-state index < -0.39 is 0 Å². The fraction of sp³-hybridized carbons (Fsp3) is 0.538. The molecule has 0 N–H and O–H groups in total. The molecular weight excluding hydrogens is 312 g/mol. The highest BCUT2D eigenvalue weighted by molar-refractivity contribution is 5.80. The topological polar surface area (TPSA) is 0 Å². The van der Waals surface area contributed by atoms with Crippen LogP contribution in [0, 0.1) is 0 Å². The summed E-state index contributed by atoms with van der Waals surface area (Å²) < 4.78 is 0. The Balaban J connectivity index is 2.09. The van der Waals surface area contributed by atoms with Gasteiger partial charge >= 0.3 is 0 Å². The maximum Gasteiger partial charge on any atom is -0.00131 e. The molecule has 2 aromatic rings. The van der Waals surface area contributed by atoms with Gasteiger partial charge in [0, 0.05) is 0 Å². The van der Waals surface area contributed by atoms with E-state index in [1.54, 1.807) is 16.7 Å². The predicted octanol–water partition coefficient (Wildman–Crippen LogP) is 7.59. The minimum absolute atomic E-state index is 0.208. The van der Waals surface area contributed by atoms with Crippen LogP contribution in [-0.4, -0.2) is 0 Å². The summed E-state index contributed by atoms with van der Waals surface area (Å²) in [5.74, 6) is 0. The molecule has 0 atom stereocenters. The fourth-order valence-electron chi connectivity index (χ4n) is 4.10. The highest BCUT2D eigenvalue weighted by Gasteiger charge is 2.26. The second-order valence-corrected chi connectivity index (χ2v) is 10.2. The summed E-state index contributed by atoms with van der Waals surface area (Å²) >= 11 is 0. The summed E-state index contributed by atoms with van der Waals surface area (Å²) in [5, 5.41) is 0. The monoisotopic (exact) mass is 348 g/mol. The van der Waals surface area contributed by atoms with Crippen molar-refractivity contribution < 1.29 is 0 Å². The normalized spacial score (nSPS) is 13.7. The van der Waals surface area contributed by atoms with Crippen LogP contribution in [0.4, 0.5) is 0 Å². The largest absolute Gasteiger partial charge is 0.0654 e. The summed E-state index contributed by atoms with van der Waals surface area (Å²) in [7, 11) is 0. The lowest BCUT2D eigenvalue weighted by Gasteiger charge is -2.23. The highest BCUT2D eigenvalue weighted by atomic mass is 14.3. The average molecular weight is 349 g/mol. The number of fused-ring (bicyclic) bond motifs is 3. The number of aryl methyl sites for hydroxylation is 1. The van der Waals surface area contributed by atoms with Crippen molar-refractivity contribution in [3.8, 4) is 11.1 Å². The first-order valence-corrected chi connectivity index (χ1v) is 10.4. The zero-order valence-electron chi connectivity index (χ0n) is 17.9. The van der Waals surface area contributed by atoms with Crippen LogP contribution in [0.3, 0.4) is 0 Å². The van der Waals surface area contributed by atoms with Crippen LogP contribution in [0.2, 0.25) is 0 Å². The Labute approximate surface area is 161 Å². The molecule has 0 heterocycles. The third-order valence-corrected chi connectivity index (χ3v) is 5.84. The second kappa shape index (κ2) is 6.87. The third kappa shape index (κ3) is 3.75. The van der Waals surface area contributed by atoms with Gasteiger partial charge in [0.2, 0.25) is 0 Å². The van der Waals surface area contributed by atoms with E-state index in [-0.39, 0.29) is 10.8 Å². The molecule has 0 bridgehead atoms. The van der Waals surface area contributed by atoms with Gasteiger partial charge in [-0.1, -0.05) is 91.6 Å². The zero-order valence-corrected chi connectivity index (χ0v) is 17.9. The van der Waals surface area contributed by atoms with Crippen LogP contribution < -0.4 is 0 Å². The standard InChI is InChI=1S/C26H36/c1-8-9-10-11-18-15-22(26(5,6)7)17-20-14-19-16-21(25(2,3)4)12-13-23(19)24(18)20/h12-13,15-17H,8-11,14H2,1-7H3. The van der Waals surface area contributed by atoms with Crippen LogP contribution in [-0.2, 0) is 23.7 Å². The number of unbranched alkanes of at least 4 members (excludes halogenated alkanes) is 2. The Morgan fingerprint density at radius 2 is 1.42 bits per heavy atom. The quantitative estimate of drug-likeness (QED) is 0.426. The Morgan fingerprint density at radius 1 is 0.769 bits per heavy atom. The molecule has 1 aliphatic rings. The first-order chi connectivity index (χ1) is 12.1. The Hall–Kier alpha value is -1.56. The van der Waals surface area contributed by atoms with E-state index in [2.05, 4.69) is 78.8 Å². The van der Waals surface area contributed by atoms with Crippen LogP contribution in [0.1, 0.15) is 95.5 Å². The van der Waals surface area contributed by atoms with Crippen LogP contribution in [0.15, 0.2) is 30.3 Å². The van der Waals surface area contributed by atoms with Gasteiger partial charge in [0.15, 0.2) is 0 Å². The molecule has 0 spiro atoms. The van der Waals surface area contributed by atoms with E-state index in [9.17, 15) is 0 Å². The minimum atomic E-state index is 0.208. The van der Waals surface area contributed by atoms with Gasteiger partial charge in [-0.15, -0.1) is 0 Å². The molecule has 3 rings (SSSR count). The van der Waals surface area contributed by atoms with E-state index in [4.69, 9.17) is 0 Å². The van der Waals surface area contributed by atoms with Crippen molar-refractivity contribution in [2.45, 2.75) is 91.4 Å². The molecule has 0 fully saturated rings. The summed E-state index contributed by atoms with van der Waals surface area (Å²) in [5.41, 5.74) is 11.0. The second-order valence-electron chi connectivity index (χ2n) is 10.2. The maximum absolute atomic E-state index is 2.50. The molecule has 140 valence electrons. The third-order valence-electron chi connectivity index (χ3n) is 5.84. The molecule has 26 heavy (non-hydrogen) atoms. The van der Waals surface area contributed by atoms with Gasteiger partial charge in [-0.2, -0.15) is 0 Å². The van der Waals surface area contributed by atoms with E-state index in [0.29, 0.717) is 0 Å². The fourth-order valence-corrected chi connectivity index (χ4v) is 4.10. The predicted molar refractivity (Wildman–Crippen MR) is 115 cm³/mol. The summed E-state index contributed by atoms with van der Waals surface area (Å²) in [6, 6.07) is 12.2. The number of hydrogen-bond donors (Lipinski definition) is 0. The number of hydrogen-bond acceptors (Lipinski definition) is 0. The SMILES string of the molecule is CCCCCc1cc(C(C)(C)C)cc2c1-c1ccc(C(C)(C)C)cc1C2. The van der Waals surface area contributed by atoms with Gasteiger partial charge in [-0.05, 0) is 69.0 Å². The average Bonchev–Trinajstić information content (AvgIpc) is 2.91. The van der Waals surface area contributed by atoms with Gasteiger partial charge in [0.1, 0.15) is 0 Å². The van der Waals surface area contributed by atoms with Crippen molar-refractivity contribution >= 4 is 0 Å². The molecule has 0 heteroatoms. The molecule has 0 aliphatic heterocycles. The van der Waals surface area contributed by atoms with Crippen LogP contribution in [0.5, 0.6) is 0 Å². The van der Waals surface area contributed by atoms with Crippen molar-refractivity contribution in [3.63, 3.8) is 0 Å². The van der Waals surface area contributed by atoms with Gasteiger partial charge < -0.3 is 0 Å². The van der Waals surface area contributed by atoms with Gasteiger partial charge in [-0.3, -0.25) is 0 Å². The van der Waals surface area contributed by atoms with E-state index >= 15 is 0 Å². The summed E-state index contributed by atoms with van der Waals surface area (Å²) in [6.07, 6.45) is 6.21. The van der Waals surface area contributed by atoms with Crippen molar-refractivity contribution in [1.82, 2.24) is 0 Å². The smallest absolute Gasteiger partial charge is 0.00131 e. The Kier molecular flexibility index (Phi) is 5.08. The molecule has 0 aromatic heterocycles. The van der Waals surface area contributed by atoms with Crippen molar-refractivity contribution in [3.05, 3.63) is 58.1 Å². The van der Waals surface area contributed by atoms with Gasteiger partial charge in [-0.25, -0.2) is 0 Å². The molecule has 0 saturated carbocycles. The lowest BCUT2D eigenvalue weighted by atomic mass is 9.82.